The smallest absolute Gasteiger partial charge is 0.124 e. The number of hydrogen-bond acceptors (Lipinski definition) is 5. The number of benzene rings is 2. The molecule has 0 amide bonds. The highest BCUT2D eigenvalue weighted by atomic mass is 17.2. The number of aromatic nitrogens is 2. The number of rotatable bonds is 10. The van der Waals surface area contributed by atoms with E-state index in [1.54, 1.807) is 0 Å². The molecular formula is C25H31N3O3. The number of nitrogens with one attached hydrogen (secondary N) is 1. The molecule has 0 bridgehead atoms. The molecule has 3 aromatic rings. The Balaban J connectivity index is 1.33. The van der Waals surface area contributed by atoms with E-state index in [4.69, 9.17) is 14.5 Å². The summed E-state index contributed by atoms with van der Waals surface area (Å²) in [5.74, 6) is 0. The molecule has 0 unspecified atom stereocenters. The van der Waals surface area contributed by atoms with Gasteiger partial charge < -0.3 is 4.74 Å². The van der Waals surface area contributed by atoms with E-state index in [-0.39, 0.29) is 12.2 Å². The van der Waals surface area contributed by atoms with Crippen molar-refractivity contribution in [2.75, 3.05) is 19.7 Å². The third-order valence-electron chi connectivity index (χ3n) is 5.67. The number of piperidine rings is 1. The number of nitrogens with zero attached hydrogens (tertiary/aromatic N) is 2. The van der Waals surface area contributed by atoms with Gasteiger partial charge in [-0.1, -0.05) is 60.7 Å². The Bertz CT molecular complexity index is 853. The van der Waals surface area contributed by atoms with Crippen molar-refractivity contribution < 1.29 is 14.5 Å². The van der Waals surface area contributed by atoms with Gasteiger partial charge in [-0.3, -0.25) is 10.00 Å². The summed E-state index contributed by atoms with van der Waals surface area (Å²) in [7, 11) is 0. The molecule has 1 aliphatic heterocycles. The minimum absolute atomic E-state index is 0.0323. The fraction of sp³-hybridized carbons (Fsp3) is 0.400. The second-order valence-corrected chi connectivity index (χ2v) is 7.86. The third-order valence-corrected chi connectivity index (χ3v) is 5.67. The van der Waals surface area contributed by atoms with Gasteiger partial charge in [0.05, 0.1) is 24.6 Å². The molecule has 0 radical (unpaired) electrons. The summed E-state index contributed by atoms with van der Waals surface area (Å²) in [5, 5.41) is 7.20. The molecule has 0 aliphatic carbocycles. The number of likely N-dealkylation sites (tertiary alicyclic amines) is 1. The minimum Gasteiger partial charge on any atom is -0.365 e. The summed E-state index contributed by atoms with van der Waals surface area (Å²) in [6.07, 6.45) is 4.12. The van der Waals surface area contributed by atoms with Gasteiger partial charge >= 0.3 is 0 Å². The zero-order valence-corrected chi connectivity index (χ0v) is 18.1. The van der Waals surface area contributed by atoms with Crippen molar-refractivity contribution in [3.05, 3.63) is 89.2 Å². The molecule has 6 nitrogen and oxygen atoms in total. The molecule has 31 heavy (non-hydrogen) atoms. The normalized spacial score (nSPS) is 15.5. The molecule has 0 spiro atoms. The molecule has 2 heterocycles. The lowest BCUT2D eigenvalue weighted by molar-refractivity contribution is -0.301. The Labute approximate surface area is 184 Å². The minimum atomic E-state index is -0.0323. The summed E-state index contributed by atoms with van der Waals surface area (Å²) in [5.41, 5.74) is 4.53. The van der Waals surface area contributed by atoms with Crippen molar-refractivity contribution >= 4 is 0 Å². The van der Waals surface area contributed by atoms with Crippen LogP contribution in [-0.2, 0) is 27.7 Å². The van der Waals surface area contributed by atoms with E-state index in [2.05, 4.69) is 63.6 Å². The summed E-state index contributed by atoms with van der Waals surface area (Å²) in [6, 6.07) is 21.0. The fourth-order valence-corrected chi connectivity index (χ4v) is 4.03. The molecule has 1 aliphatic rings. The topological polar surface area (TPSA) is 59.6 Å². The van der Waals surface area contributed by atoms with E-state index in [0.717, 1.165) is 43.7 Å². The Kier molecular flexibility index (Phi) is 7.85. The van der Waals surface area contributed by atoms with E-state index in [1.807, 2.05) is 25.3 Å². The highest BCUT2D eigenvalue weighted by molar-refractivity contribution is 5.30. The number of ether oxygens (including phenoxy) is 1. The van der Waals surface area contributed by atoms with Crippen LogP contribution < -0.4 is 0 Å². The Hall–Kier alpha value is -2.51. The first-order valence-electron chi connectivity index (χ1n) is 11.1. The molecule has 0 atom stereocenters. The average molecular weight is 422 g/mol. The van der Waals surface area contributed by atoms with Crippen LogP contribution in [0.2, 0.25) is 0 Å². The van der Waals surface area contributed by atoms with Crippen LogP contribution in [0.3, 0.4) is 0 Å². The first-order chi connectivity index (χ1) is 15.3. The predicted molar refractivity (Wildman–Crippen MR) is 119 cm³/mol. The molecule has 1 saturated heterocycles. The molecule has 0 saturated carbocycles. The second-order valence-electron chi connectivity index (χ2n) is 7.86. The second kappa shape index (κ2) is 11.2. The van der Waals surface area contributed by atoms with Gasteiger partial charge in [0.15, 0.2) is 0 Å². The molecule has 164 valence electrons. The lowest BCUT2D eigenvalue weighted by Gasteiger charge is -2.34. The van der Waals surface area contributed by atoms with E-state index >= 15 is 0 Å². The number of aromatic amines is 1. The van der Waals surface area contributed by atoms with Gasteiger partial charge in [-0.05, 0) is 30.9 Å². The van der Waals surface area contributed by atoms with Gasteiger partial charge in [0.2, 0.25) is 0 Å². The van der Waals surface area contributed by atoms with Crippen LogP contribution in [0, 0.1) is 0 Å². The lowest BCUT2D eigenvalue weighted by Crippen LogP contribution is -2.37. The Morgan fingerprint density at radius 3 is 2.23 bits per heavy atom. The quantitative estimate of drug-likeness (QED) is 0.293. The van der Waals surface area contributed by atoms with Crippen LogP contribution >= 0.6 is 0 Å². The zero-order valence-electron chi connectivity index (χ0n) is 18.1. The van der Waals surface area contributed by atoms with Crippen molar-refractivity contribution in [3.63, 3.8) is 0 Å². The molecule has 4 rings (SSSR count). The summed E-state index contributed by atoms with van der Waals surface area (Å²) in [6.45, 7) is 5.67. The van der Waals surface area contributed by atoms with Crippen LogP contribution in [0.1, 0.15) is 48.3 Å². The molecule has 1 aromatic heterocycles. The lowest BCUT2D eigenvalue weighted by atomic mass is 10.00. The third kappa shape index (κ3) is 6.02. The maximum Gasteiger partial charge on any atom is 0.124 e. The van der Waals surface area contributed by atoms with Gasteiger partial charge in [-0.25, -0.2) is 9.78 Å². The first-order valence-corrected chi connectivity index (χ1v) is 11.1. The van der Waals surface area contributed by atoms with Crippen molar-refractivity contribution in [1.82, 2.24) is 15.1 Å². The summed E-state index contributed by atoms with van der Waals surface area (Å²) in [4.78, 5) is 12.6. The average Bonchev–Trinajstić information content (AvgIpc) is 3.26. The predicted octanol–water partition coefficient (Wildman–Crippen LogP) is 4.65. The number of H-pyrrole nitrogens is 1. The maximum absolute atomic E-state index is 6.65. The van der Waals surface area contributed by atoms with Crippen LogP contribution in [0.5, 0.6) is 0 Å². The van der Waals surface area contributed by atoms with Gasteiger partial charge in [0.25, 0.3) is 0 Å². The molecule has 2 aromatic carbocycles. The van der Waals surface area contributed by atoms with Crippen LogP contribution in [-0.4, -0.2) is 40.9 Å². The fourth-order valence-electron chi connectivity index (χ4n) is 4.03. The maximum atomic E-state index is 6.65. The first kappa shape index (κ1) is 21.7. The van der Waals surface area contributed by atoms with Gasteiger partial charge in [0, 0.05) is 25.2 Å². The molecule has 1 fully saturated rings. The van der Waals surface area contributed by atoms with Crippen molar-refractivity contribution in [3.8, 4) is 0 Å². The van der Waals surface area contributed by atoms with Crippen LogP contribution in [0.15, 0.2) is 66.9 Å². The molecule has 6 heteroatoms. The largest absolute Gasteiger partial charge is 0.365 e. The van der Waals surface area contributed by atoms with Crippen molar-refractivity contribution in [2.45, 2.75) is 45.1 Å². The highest BCUT2D eigenvalue weighted by Gasteiger charge is 2.25. The molecule has 1 N–H and O–H groups in total. The summed E-state index contributed by atoms with van der Waals surface area (Å²) < 4.78 is 6.65. The SMILES string of the molecule is CCOOCc1[nH]ncc1CN1CCC(OC(c2ccccc2)c2ccccc2)CC1. The van der Waals surface area contributed by atoms with E-state index < -0.39 is 0 Å². The van der Waals surface area contributed by atoms with E-state index in [9.17, 15) is 0 Å². The van der Waals surface area contributed by atoms with Gasteiger partial charge in [0.1, 0.15) is 12.7 Å². The zero-order chi connectivity index (χ0) is 21.3. The monoisotopic (exact) mass is 421 g/mol. The van der Waals surface area contributed by atoms with Gasteiger partial charge in [-0.2, -0.15) is 5.10 Å². The summed E-state index contributed by atoms with van der Waals surface area (Å²) >= 11 is 0. The Morgan fingerprint density at radius 2 is 1.61 bits per heavy atom. The molecular weight excluding hydrogens is 390 g/mol. The van der Waals surface area contributed by atoms with Crippen molar-refractivity contribution in [2.24, 2.45) is 0 Å². The van der Waals surface area contributed by atoms with Crippen molar-refractivity contribution in [1.29, 1.82) is 0 Å². The van der Waals surface area contributed by atoms with Crippen LogP contribution in [0.4, 0.5) is 0 Å². The Morgan fingerprint density at radius 1 is 0.968 bits per heavy atom. The standard InChI is InChI=1S/C25H31N3O3/c1-2-29-30-19-24-22(17-26-27-24)18-28-15-13-23(14-16-28)31-25(20-9-5-3-6-10-20)21-11-7-4-8-12-21/h3-12,17,23,25H,2,13-16,18-19H2,1H3,(H,26,27). The van der Waals surface area contributed by atoms with Crippen LogP contribution in [0.25, 0.3) is 0 Å². The highest BCUT2D eigenvalue weighted by Crippen LogP contribution is 2.30. The van der Waals surface area contributed by atoms with E-state index in [1.165, 1.54) is 11.1 Å². The van der Waals surface area contributed by atoms with Gasteiger partial charge in [-0.15, -0.1) is 0 Å². The number of hydrogen-bond donors (Lipinski definition) is 1. The van der Waals surface area contributed by atoms with E-state index in [0.29, 0.717) is 13.2 Å².